The lowest BCUT2D eigenvalue weighted by atomic mass is 10.2. The zero-order chi connectivity index (χ0) is 19.6. The van der Waals surface area contributed by atoms with E-state index in [1.165, 1.54) is 0 Å². The molecule has 1 fully saturated rings. The molecule has 2 aliphatic rings. The highest BCUT2D eigenvalue weighted by molar-refractivity contribution is 7.89. The molecule has 0 atom stereocenters. The maximum absolute atomic E-state index is 12.5. The number of benzene rings is 1. The molecule has 1 aromatic heterocycles. The van der Waals surface area contributed by atoms with Gasteiger partial charge in [-0.2, -0.15) is 5.10 Å². The standard InChI is InChI=1S/C20H26N4O3S/c25-19(12-7-15-28(26,27)23-13-4-5-14-23)21-20-17-10-6-11-18(17)22-24(20)16-8-2-1-3-9-16/h1-3,8-9H,4-7,10-15H2,(H,21,25). The van der Waals surface area contributed by atoms with E-state index in [1.54, 1.807) is 8.99 Å². The van der Waals surface area contributed by atoms with Crippen molar-refractivity contribution in [3.05, 3.63) is 41.6 Å². The summed E-state index contributed by atoms with van der Waals surface area (Å²) < 4.78 is 27.9. The summed E-state index contributed by atoms with van der Waals surface area (Å²) in [5, 5.41) is 7.68. The minimum Gasteiger partial charge on any atom is -0.310 e. The Balaban J connectivity index is 1.42. The summed E-state index contributed by atoms with van der Waals surface area (Å²) in [4.78, 5) is 12.5. The van der Waals surface area contributed by atoms with E-state index >= 15 is 0 Å². The third-order valence-electron chi connectivity index (χ3n) is 5.43. The predicted molar refractivity (Wildman–Crippen MR) is 108 cm³/mol. The van der Waals surface area contributed by atoms with Crippen LogP contribution in [0, 0.1) is 0 Å². The molecule has 1 aliphatic heterocycles. The third kappa shape index (κ3) is 3.98. The molecule has 1 saturated heterocycles. The molecular formula is C20H26N4O3S. The monoisotopic (exact) mass is 402 g/mol. The van der Waals surface area contributed by atoms with Crippen molar-refractivity contribution in [2.45, 2.75) is 44.9 Å². The third-order valence-corrected chi connectivity index (χ3v) is 7.39. The van der Waals surface area contributed by atoms with Crippen molar-refractivity contribution < 1.29 is 13.2 Å². The number of para-hydroxylation sites is 1. The Morgan fingerprint density at radius 2 is 1.82 bits per heavy atom. The second-order valence-electron chi connectivity index (χ2n) is 7.45. The summed E-state index contributed by atoms with van der Waals surface area (Å²) in [7, 11) is -3.24. The minimum atomic E-state index is -3.24. The first-order valence-electron chi connectivity index (χ1n) is 9.98. The van der Waals surface area contributed by atoms with Crippen LogP contribution in [0.3, 0.4) is 0 Å². The number of aromatic nitrogens is 2. The summed E-state index contributed by atoms with van der Waals surface area (Å²) in [5.74, 6) is 0.589. The number of carbonyl (C=O) groups is 1. The van der Waals surface area contributed by atoms with Gasteiger partial charge in [-0.3, -0.25) is 4.79 Å². The van der Waals surface area contributed by atoms with Gasteiger partial charge in [0.25, 0.3) is 0 Å². The highest BCUT2D eigenvalue weighted by atomic mass is 32.2. The van der Waals surface area contributed by atoms with E-state index in [1.807, 2.05) is 30.3 Å². The molecule has 28 heavy (non-hydrogen) atoms. The molecule has 0 bridgehead atoms. The van der Waals surface area contributed by atoms with Crippen molar-refractivity contribution in [1.29, 1.82) is 0 Å². The van der Waals surface area contributed by atoms with Gasteiger partial charge in [-0.05, 0) is 50.7 Å². The van der Waals surface area contributed by atoms with E-state index in [0.29, 0.717) is 19.5 Å². The van der Waals surface area contributed by atoms with Crippen LogP contribution in [-0.2, 0) is 27.7 Å². The maximum Gasteiger partial charge on any atom is 0.225 e. The topological polar surface area (TPSA) is 84.3 Å². The van der Waals surface area contributed by atoms with Crippen molar-refractivity contribution in [3.63, 3.8) is 0 Å². The Hall–Kier alpha value is -2.19. The fourth-order valence-corrected chi connectivity index (χ4v) is 5.56. The van der Waals surface area contributed by atoms with Gasteiger partial charge in [0.2, 0.25) is 15.9 Å². The number of hydrogen-bond donors (Lipinski definition) is 1. The van der Waals surface area contributed by atoms with Gasteiger partial charge < -0.3 is 5.32 Å². The first kappa shape index (κ1) is 19.1. The Morgan fingerprint density at radius 1 is 1.07 bits per heavy atom. The summed E-state index contributed by atoms with van der Waals surface area (Å²) in [6.45, 7) is 1.22. The highest BCUT2D eigenvalue weighted by Crippen LogP contribution is 2.31. The molecule has 2 heterocycles. The van der Waals surface area contributed by atoms with Gasteiger partial charge in [0.1, 0.15) is 5.82 Å². The van der Waals surface area contributed by atoms with Gasteiger partial charge in [0.15, 0.2) is 0 Å². The summed E-state index contributed by atoms with van der Waals surface area (Å²) in [6, 6.07) is 9.74. The smallest absolute Gasteiger partial charge is 0.225 e. The molecule has 150 valence electrons. The number of hydrogen-bond acceptors (Lipinski definition) is 4. The molecule has 0 unspecified atom stereocenters. The number of aryl methyl sites for hydroxylation is 1. The summed E-state index contributed by atoms with van der Waals surface area (Å²) in [5.41, 5.74) is 3.04. The van der Waals surface area contributed by atoms with E-state index in [9.17, 15) is 13.2 Å². The van der Waals surface area contributed by atoms with Crippen LogP contribution in [0.1, 0.15) is 43.4 Å². The molecule has 7 nitrogen and oxygen atoms in total. The summed E-state index contributed by atoms with van der Waals surface area (Å²) >= 11 is 0. The average molecular weight is 403 g/mol. The minimum absolute atomic E-state index is 0.0243. The van der Waals surface area contributed by atoms with Crippen LogP contribution in [0.5, 0.6) is 0 Å². The largest absolute Gasteiger partial charge is 0.310 e. The van der Waals surface area contributed by atoms with E-state index in [4.69, 9.17) is 0 Å². The predicted octanol–water partition coefficient (Wildman–Crippen LogP) is 2.51. The Morgan fingerprint density at radius 3 is 2.57 bits per heavy atom. The normalized spacial score (nSPS) is 17.0. The molecule has 8 heteroatoms. The van der Waals surface area contributed by atoms with E-state index in [0.717, 1.165) is 54.9 Å². The van der Waals surface area contributed by atoms with Crippen molar-refractivity contribution in [1.82, 2.24) is 14.1 Å². The first-order valence-corrected chi connectivity index (χ1v) is 11.6. The molecule has 0 spiro atoms. The van der Waals surface area contributed by atoms with Gasteiger partial charge in [-0.15, -0.1) is 0 Å². The maximum atomic E-state index is 12.5. The molecule has 4 rings (SSSR count). The summed E-state index contributed by atoms with van der Waals surface area (Å²) in [6.07, 6.45) is 5.23. The fraction of sp³-hybridized carbons (Fsp3) is 0.500. The zero-order valence-electron chi connectivity index (χ0n) is 15.9. The molecule has 1 N–H and O–H groups in total. The molecule has 0 saturated carbocycles. The average Bonchev–Trinajstić information content (AvgIpc) is 3.41. The quantitative estimate of drug-likeness (QED) is 0.771. The number of fused-ring (bicyclic) bond motifs is 1. The second-order valence-corrected chi connectivity index (χ2v) is 9.54. The number of rotatable bonds is 7. The molecule has 0 radical (unpaired) electrons. The van der Waals surface area contributed by atoms with Gasteiger partial charge in [-0.1, -0.05) is 18.2 Å². The Labute approximate surface area is 165 Å². The molecule has 2 aromatic rings. The van der Waals surface area contributed by atoms with Gasteiger partial charge in [-0.25, -0.2) is 17.4 Å². The second kappa shape index (κ2) is 8.05. The van der Waals surface area contributed by atoms with E-state index in [-0.39, 0.29) is 18.1 Å². The SMILES string of the molecule is O=C(CCCS(=O)(=O)N1CCCC1)Nc1c2c(nn1-c1ccccc1)CCC2. The molecule has 1 amide bonds. The van der Waals surface area contributed by atoms with E-state index < -0.39 is 10.0 Å². The van der Waals surface area contributed by atoms with Gasteiger partial charge in [0, 0.05) is 25.1 Å². The van der Waals surface area contributed by atoms with Crippen LogP contribution in [0.15, 0.2) is 30.3 Å². The van der Waals surface area contributed by atoms with Crippen LogP contribution in [0.4, 0.5) is 5.82 Å². The van der Waals surface area contributed by atoms with Gasteiger partial charge >= 0.3 is 0 Å². The number of nitrogens with zero attached hydrogens (tertiary/aromatic N) is 3. The lowest BCUT2D eigenvalue weighted by molar-refractivity contribution is -0.116. The first-order chi connectivity index (χ1) is 13.5. The fourth-order valence-electron chi connectivity index (χ4n) is 3.98. The van der Waals surface area contributed by atoms with Crippen molar-refractivity contribution in [2.75, 3.05) is 24.2 Å². The Bertz CT molecular complexity index is 947. The van der Waals surface area contributed by atoms with Crippen LogP contribution >= 0.6 is 0 Å². The van der Waals surface area contributed by atoms with Crippen molar-refractivity contribution in [3.8, 4) is 5.69 Å². The number of anilines is 1. The number of amides is 1. The lowest BCUT2D eigenvalue weighted by Gasteiger charge is -2.15. The molecule has 1 aliphatic carbocycles. The number of carbonyl (C=O) groups excluding carboxylic acids is 1. The lowest BCUT2D eigenvalue weighted by Crippen LogP contribution is -2.30. The van der Waals surface area contributed by atoms with Crippen LogP contribution in [0.2, 0.25) is 0 Å². The number of sulfonamides is 1. The highest BCUT2D eigenvalue weighted by Gasteiger charge is 2.26. The van der Waals surface area contributed by atoms with Crippen LogP contribution in [0.25, 0.3) is 5.69 Å². The zero-order valence-corrected chi connectivity index (χ0v) is 16.7. The molecule has 1 aromatic carbocycles. The molecular weight excluding hydrogens is 376 g/mol. The van der Waals surface area contributed by atoms with Gasteiger partial charge in [0.05, 0.1) is 17.1 Å². The Kier molecular flexibility index (Phi) is 5.50. The number of nitrogens with one attached hydrogen (secondary N) is 1. The van der Waals surface area contributed by atoms with E-state index in [2.05, 4.69) is 10.4 Å². The van der Waals surface area contributed by atoms with Crippen LogP contribution < -0.4 is 5.32 Å². The van der Waals surface area contributed by atoms with Crippen molar-refractivity contribution in [2.24, 2.45) is 0 Å². The van der Waals surface area contributed by atoms with Crippen molar-refractivity contribution >= 4 is 21.7 Å². The van der Waals surface area contributed by atoms with Crippen LogP contribution in [-0.4, -0.2) is 47.3 Å².